The summed E-state index contributed by atoms with van der Waals surface area (Å²) in [4.78, 5) is 13.5. The van der Waals surface area contributed by atoms with Gasteiger partial charge in [-0.15, -0.1) is 0 Å². The van der Waals surface area contributed by atoms with Gasteiger partial charge in [0.05, 0.1) is 0 Å². The summed E-state index contributed by atoms with van der Waals surface area (Å²) in [5.74, 6) is -0.380. The maximum absolute atomic E-state index is 11.0. The quantitative estimate of drug-likeness (QED) is 0.832. The van der Waals surface area contributed by atoms with E-state index in [0.717, 1.165) is 18.8 Å². The fraction of sp³-hybridized carbons (Fsp3) is 0.500. The maximum atomic E-state index is 11.0. The molecule has 1 fully saturated rings. The lowest BCUT2D eigenvalue weighted by molar-refractivity contribution is 0.100. The number of nitrogens with one attached hydrogen (secondary N) is 1. The fourth-order valence-electron chi connectivity index (χ4n) is 2.53. The van der Waals surface area contributed by atoms with Crippen LogP contribution in [0, 0.1) is 0 Å². The summed E-state index contributed by atoms with van der Waals surface area (Å²) in [6, 6.07) is 7.97. The normalized spacial score (nSPS) is 19.9. The third kappa shape index (κ3) is 3.01. The van der Waals surface area contributed by atoms with Gasteiger partial charge in [-0.2, -0.15) is 0 Å². The third-order valence-electron chi connectivity index (χ3n) is 3.62. The Morgan fingerprint density at radius 3 is 2.78 bits per heavy atom. The number of amides is 1. The number of carbonyl (C=O) groups is 1. The van der Waals surface area contributed by atoms with Crippen LogP contribution in [0.25, 0.3) is 0 Å². The lowest BCUT2D eigenvalue weighted by atomic mass is 10.2. The molecule has 0 spiro atoms. The Hall–Kier alpha value is -1.55. The lowest BCUT2D eigenvalue weighted by Gasteiger charge is -2.23. The van der Waals surface area contributed by atoms with E-state index in [1.165, 1.54) is 19.4 Å². The van der Waals surface area contributed by atoms with Gasteiger partial charge in [0.2, 0.25) is 5.91 Å². The van der Waals surface area contributed by atoms with Crippen molar-refractivity contribution in [1.29, 1.82) is 0 Å². The van der Waals surface area contributed by atoms with Crippen molar-refractivity contribution in [3.05, 3.63) is 29.8 Å². The van der Waals surface area contributed by atoms with Crippen molar-refractivity contribution in [2.45, 2.75) is 25.8 Å². The molecule has 3 N–H and O–H groups in total. The molecule has 2 rings (SSSR count). The van der Waals surface area contributed by atoms with E-state index in [2.05, 4.69) is 17.1 Å². The number of primary amides is 1. The molecule has 1 heterocycles. The Bertz CT molecular complexity index is 402. The van der Waals surface area contributed by atoms with E-state index >= 15 is 0 Å². The minimum absolute atomic E-state index is 0.380. The van der Waals surface area contributed by atoms with Gasteiger partial charge in [0, 0.05) is 23.8 Å². The van der Waals surface area contributed by atoms with Crippen LogP contribution in [-0.4, -0.2) is 36.5 Å². The van der Waals surface area contributed by atoms with Crippen molar-refractivity contribution in [2.24, 2.45) is 5.73 Å². The first-order valence-electron chi connectivity index (χ1n) is 6.58. The molecular weight excluding hydrogens is 226 g/mol. The van der Waals surface area contributed by atoms with Gasteiger partial charge >= 0.3 is 0 Å². The van der Waals surface area contributed by atoms with Crippen molar-refractivity contribution in [3.8, 4) is 0 Å². The van der Waals surface area contributed by atoms with Crippen molar-refractivity contribution in [2.75, 3.05) is 25.0 Å². The lowest BCUT2D eigenvalue weighted by Crippen LogP contribution is -2.34. The number of likely N-dealkylation sites (tertiary alicyclic amines) is 1. The Labute approximate surface area is 108 Å². The number of nitrogens with zero attached hydrogens (tertiary/aromatic N) is 1. The molecular formula is C14H21N3O. The first-order chi connectivity index (χ1) is 8.70. The highest BCUT2D eigenvalue weighted by molar-refractivity contribution is 5.93. The number of carbonyl (C=O) groups excluding carboxylic acids is 1. The van der Waals surface area contributed by atoms with E-state index < -0.39 is 0 Å². The standard InChI is InChI=1S/C14H21N3O/c1-2-17-9-3-4-13(17)10-16-12-7-5-11(6-8-12)14(15)18/h5-8,13,16H,2-4,9-10H2,1H3,(H2,15,18)/t13-/m0/s1. The average Bonchev–Trinajstić information content (AvgIpc) is 2.84. The number of hydrogen-bond donors (Lipinski definition) is 2. The second kappa shape index (κ2) is 5.87. The van der Waals surface area contributed by atoms with Crippen LogP contribution < -0.4 is 11.1 Å². The zero-order chi connectivity index (χ0) is 13.0. The maximum Gasteiger partial charge on any atom is 0.248 e. The van der Waals surface area contributed by atoms with Crippen molar-refractivity contribution in [3.63, 3.8) is 0 Å². The average molecular weight is 247 g/mol. The Morgan fingerprint density at radius 1 is 1.44 bits per heavy atom. The van der Waals surface area contributed by atoms with Crippen molar-refractivity contribution in [1.82, 2.24) is 4.90 Å². The van der Waals surface area contributed by atoms with Crippen LogP contribution in [0.3, 0.4) is 0 Å². The zero-order valence-corrected chi connectivity index (χ0v) is 10.9. The molecule has 0 saturated carbocycles. The van der Waals surface area contributed by atoms with Gasteiger partial charge in [-0.1, -0.05) is 6.92 Å². The number of rotatable bonds is 5. The molecule has 1 saturated heterocycles. The molecule has 1 aromatic rings. The van der Waals surface area contributed by atoms with Gasteiger partial charge in [-0.25, -0.2) is 0 Å². The van der Waals surface area contributed by atoms with E-state index in [1.807, 2.05) is 12.1 Å². The summed E-state index contributed by atoms with van der Waals surface area (Å²) in [6.45, 7) is 5.50. The minimum atomic E-state index is -0.380. The summed E-state index contributed by atoms with van der Waals surface area (Å²) in [6.07, 6.45) is 2.56. The predicted molar refractivity (Wildman–Crippen MR) is 73.7 cm³/mol. The molecule has 0 radical (unpaired) electrons. The Balaban J connectivity index is 1.88. The topological polar surface area (TPSA) is 58.4 Å². The van der Waals surface area contributed by atoms with E-state index in [4.69, 9.17) is 5.73 Å². The second-order valence-corrected chi connectivity index (χ2v) is 4.75. The highest BCUT2D eigenvalue weighted by Gasteiger charge is 2.22. The molecule has 18 heavy (non-hydrogen) atoms. The smallest absolute Gasteiger partial charge is 0.248 e. The summed E-state index contributed by atoms with van der Waals surface area (Å²) in [5, 5.41) is 3.42. The molecule has 4 heteroatoms. The van der Waals surface area contributed by atoms with Crippen molar-refractivity contribution >= 4 is 11.6 Å². The van der Waals surface area contributed by atoms with Crippen LogP contribution in [0.2, 0.25) is 0 Å². The molecule has 1 atom stereocenters. The Kier molecular flexibility index (Phi) is 4.20. The van der Waals surface area contributed by atoms with E-state index in [9.17, 15) is 4.79 Å². The van der Waals surface area contributed by atoms with Gasteiger partial charge < -0.3 is 11.1 Å². The van der Waals surface area contributed by atoms with Crippen LogP contribution in [0.15, 0.2) is 24.3 Å². The van der Waals surface area contributed by atoms with E-state index in [1.54, 1.807) is 12.1 Å². The molecule has 0 unspecified atom stereocenters. The predicted octanol–water partition coefficient (Wildman–Crippen LogP) is 1.68. The van der Waals surface area contributed by atoms with Gasteiger partial charge in [-0.3, -0.25) is 9.69 Å². The Morgan fingerprint density at radius 2 is 2.17 bits per heavy atom. The van der Waals surface area contributed by atoms with Gasteiger partial charge in [0.25, 0.3) is 0 Å². The molecule has 1 aliphatic heterocycles. The minimum Gasteiger partial charge on any atom is -0.383 e. The van der Waals surface area contributed by atoms with Crippen LogP contribution in [0.5, 0.6) is 0 Å². The van der Waals surface area contributed by atoms with Gasteiger partial charge in [0.1, 0.15) is 0 Å². The number of anilines is 1. The SMILES string of the molecule is CCN1CCC[C@H]1CNc1ccc(C(N)=O)cc1. The number of benzene rings is 1. The van der Waals surface area contributed by atoms with Crippen molar-refractivity contribution < 1.29 is 4.79 Å². The molecule has 98 valence electrons. The van der Waals surface area contributed by atoms with Gasteiger partial charge in [-0.05, 0) is 50.2 Å². The highest BCUT2D eigenvalue weighted by Crippen LogP contribution is 2.17. The summed E-state index contributed by atoms with van der Waals surface area (Å²) >= 11 is 0. The second-order valence-electron chi connectivity index (χ2n) is 4.75. The zero-order valence-electron chi connectivity index (χ0n) is 10.9. The summed E-state index contributed by atoms with van der Waals surface area (Å²) < 4.78 is 0. The molecule has 1 aromatic carbocycles. The fourth-order valence-corrected chi connectivity index (χ4v) is 2.53. The summed E-state index contributed by atoms with van der Waals surface area (Å²) in [7, 11) is 0. The van der Waals surface area contributed by atoms with Crippen LogP contribution in [0.1, 0.15) is 30.1 Å². The number of nitrogens with two attached hydrogens (primary N) is 1. The molecule has 0 bridgehead atoms. The first kappa shape index (κ1) is 12.9. The highest BCUT2D eigenvalue weighted by atomic mass is 16.1. The van der Waals surface area contributed by atoms with Crippen LogP contribution in [0.4, 0.5) is 5.69 Å². The number of likely N-dealkylation sites (N-methyl/N-ethyl adjacent to an activating group) is 1. The summed E-state index contributed by atoms with van der Waals surface area (Å²) in [5.41, 5.74) is 6.80. The third-order valence-corrected chi connectivity index (χ3v) is 3.62. The molecule has 0 aromatic heterocycles. The molecule has 1 amide bonds. The molecule has 4 nitrogen and oxygen atoms in total. The monoisotopic (exact) mass is 247 g/mol. The van der Waals surface area contributed by atoms with E-state index in [0.29, 0.717) is 11.6 Å². The molecule has 0 aliphatic carbocycles. The van der Waals surface area contributed by atoms with E-state index in [-0.39, 0.29) is 5.91 Å². The number of hydrogen-bond acceptors (Lipinski definition) is 3. The van der Waals surface area contributed by atoms with Crippen LogP contribution >= 0.6 is 0 Å². The molecule has 1 aliphatic rings. The van der Waals surface area contributed by atoms with Gasteiger partial charge in [0.15, 0.2) is 0 Å². The van der Waals surface area contributed by atoms with Crippen LogP contribution in [-0.2, 0) is 0 Å². The largest absolute Gasteiger partial charge is 0.383 e. The first-order valence-corrected chi connectivity index (χ1v) is 6.58.